The number of rotatable bonds is 5. The van der Waals surface area contributed by atoms with Gasteiger partial charge in [0.25, 0.3) is 0 Å². The van der Waals surface area contributed by atoms with E-state index in [1.807, 2.05) is 19.1 Å². The zero-order valence-electron chi connectivity index (χ0n) is 9.03. The van der Waals surface area contributed by atoms with Gasteiger partial charge in [-0.1, -0.05) is 28.1 Å². The molecule has 2 unspecified atom stereocenters. The van der Waals surface area contributed by atoms with Crippen LogP contribution in [0.4, 0.5) is 0 Å². The van der Waals surface area contributed by atoms with Gasteiger partial charge in [0, 0.05) is 11.6 Å². The Morgan fingerprint density at radius 3 is 2.80 bits per heavy atom. The Labute approximate surface area is 99.1 Å². The van der Waals surface area contributed by atoms with Gasteiger partial charge in [0.15, 0.2) is 0 Å². The molecule has 2 atom stereocenters. The Hall–Kier alpha value is -0.420. The lowest BCUT2D eigenvalue weighted by Crippen LogP contribution is -2.45. The lowest BCUT2D eigenvalue weighted by atomic mass is 10.0. The maximum absolute atomic E-state index is 5.49. The second-order valence-corrected chi connectivity index (χ2v) is 4.46. The quantitative estimate of drug-likeness (QED) is 0.636. The lowest BCUT2D eigenvalue weighted by molar-refractivity contribution is 0.0831. The highest BCUT2D eigenvalue weighted by Crippen LogP contribution is 2.14. The first-order valence-electron chi connectivity index (χ1n) is 4.90. The number of nitrogens with two attached hydrogens (primary N) is 1. The van der Waals surface area contributed by atoms with Crippen LogP contribution in [0.25, 0.3) is 0 Å². The van der Waals surface area contributed by atoms with E-state index < -0.39 is 0 Å². The summed E-state index contributed by atoms with van der Waals surface area (Å²) >= 11 is 3.45. The SMILES string of the molecule is COC(C)C(Cc1cccc(Br)c1)NN. The molecule has 0 radical (unpaired) electrons. The molecule has 0 amide bonds. The molecule has 0 aliphatic heterocycles. The molecule has 84 valence electrons. The van der Waals surface area contributed by atoms with E-state index in [-0.39, 0.29) is 12.1 Å². The average molecular weight is 273 g/mol. The molecule has 0 fully saturated rings. The highest BCUT2D eigenvalue weighted by Gasteiger charge is 2.15. The van der Waals surface area contributed by atoms with Crippen molar-refractivity contribution in [2.45, 2.75) is 25.5 Å². The van der Waals surface area contributed by atoms with Crippen LogP contribution in [0.15, 0.2) is 28.7 Å². The third kappa shape index (κ3) is 3.91. The second-order valence-electron chi connectivity index (χ2n) is 3.55. The zero-order valence-corrected chi connectivity index (χ0v) is 10.6. The average Bonchev–Trinajstić information content (AvgIpc) is 2.25. The molecule has 0 aliphatic carbocycles. The predicted octanol–water partition coefficient (Wildman–Crippen LogP) is 1.86. The maximum Gasteiger partial charge on any atom is 0.0712 e. The molecule has 3 nitrogen and oxygen atoms in total. The molecule has 15 heavy (non-hydrogen) atoms. The van der Waals surface area contributed by atoms with E-state index >= 15 is 0 Å². The van der Waals surface area contributed by atoms with Crippen LogP contribution in [0.5, 0.6) is 0 Å². The summed E-state index contributed by atoms with van der Waals surface area (Å²) in [6.45, 7) is 2.00. The van der Waals surface area contributed by atoms with Crippen LogP contribution in [0.3, 0.4) is 0 Å². The lowest BCUT2D eigenvalue weighted by Gasteiger charge is -2.22. The summed E-state index contributed by atoms with van der Waals surface area (Å²) in [5.41, 5.74) is 4.01. The van der Waals surface area contributed by atoms with Gasteiger partial charge in [-0.25, -0.2) is 0 Å². The van der Waals surface area contributed by atoms with Gasteiger partial charge < -0.3 is 4.74 Å². The van der Waals surface area contributed by atoms with Crippen LogP contribution in [0.1, 0.15) is 12.5 Å². The van der Waals surface area contributed by atoms with E-state index in [1.54, 1.807) is 7.11 Å². The van der Waals surface area contributed by atoms with Crippen molar-refractivity contribution >= 4 is 15.9 Å². The molecular weight excluding hydrogens is 256 g/mol. The number of hydrogen-bond acceptors (Lipinski definition) is 3. The zero-order chi connectivity index (χ0) is 11.3. The van der Waals surface area contributed by atoms with Crippen LogP contribution in [-0.2, 0) is 11.2 Å². The molecule has 0 bridgehead atoms. The van der Waals surface area contributed by atoms with Gasteiger partial charge in [-0.3, -0.25) is 11.3 Å². The van der Waals surface area contributed by atoms with Gasteiger partial charge in [0.1, 0.15) is 0 Å². The minimum Gasteiger partial charge on any atom is -0.380 e. The molecule has 0 aliphatic rings. The molecule has 0 saturated carbocycles. The maximum atomic E-state index is 5.49. The number of ether oxygens (including phenoxy) is 1. The molecule has 1 aromatic carbocycles. The predicted molar refractivity (Wildman–Crippen MR) is 65.4 cm³/mol. The number of hydrogen-bond donors (Lipinski definition) is 2. The van der Waals surface area contributed by atoms with Gasteiger partial charge in [-0.15, -0.1) is 0 Å². The van der Waals surface area contributed by atoms with Crippen molar-refractivity contribution in [3.8, 4) is 0 Å². The molecule has 1 aromatic rings. The first-order valence-corrected chi connectivity index (χ1v) is 5.70. The summed E-state index contributed by atoms with van der Waals surface area (Å²) in [5, 5.41) is 0. The first kappa shape index (κ1) is 12.6. The monoisotopic (exact) mass is 272 g/mol. The summed E-state index contributed by atoms with van der Waals surface area (Å²) in [6, 6.07) is 8.33. The van der Waals surface area contributed by atoms with Crippen molar-refractivity contribution in [1.29, 1.82) is 0 Å². The Morgan fingerprint density at radius 2 is 2.27 bits per heavy atom. The highest BCUT2D eigenvalue weighted by atomic mass is 79.9. The van der Waals surface area contributed by atoms with Crippen molar-refractivity contribution < 1.29 is 4.74 Å². The summed E-state index contributed by atoms with van der Waals surface area (Å²) in [4.78, 5) is 0. The van der Waals surface area contributed by atoms with Crippen LogP contribution in [0.2, 0.25) is 0 Å². The summed E-state index contributed by atoms with van der Waals surface area (Å²) in [7, 11) is 1.69. The van der Waals surface area contributed by atoms with Crippen molar-refractivity contribution in [2.24, 2.45) is 5.84 Å². The number of halogens is 1. The fraction of sp³-hybridized carbons (Fsp3) is 0.455. The Bertz CT molecular complexity index is 306. The van der Waals surface area contributed by atoms with Crippen molar-refractivity contribution in [2.75, 3.05) is 7.11 Å². The van der Waals surface area contributed by atoms with E-state index in [0.717, 1.165) is 10.9 Å². The highest BCUT2D eigenvalue weighted by molar-refractivity contribution is 9.10. The van der Waals surface area contributed by atoms with Crippen LogP contribution in [0, 0.1) is 0 Å². The molecule has 4 heteroatoms. The van der Waals surface area contributed by atoms with Gasteiger partial charge in [-0.05, 0) is 31.0 Å². The van der Waals surface area contributed by atoms with Crippen LogP contribution >= 0.6 is 15.9 Å². The van der Waals surface area contributed by atoms with E-state index in [4.69, 9.17) is 10.6 Å². The first-order chi connectivity index (χ1) is 7.17. The van der Waals surface area contributed by atoms with Crippen molar-refractivity contribution in [1.82, 2.24) is 5.43 Å². The number of benzene rings is 1. The normalized spacial score (nSPS) is 14.9. The van der Waals surface area contributed by atoms with Gasteiger partial charge in [-0.2, -0.15) is 0 Å². The summed E-state index contributed by atoms with van der Waals surface area (Å²) in [6.07, 6.45) is 0.944. The fourth-order valence-corrected chi connectivity index (χ4v) is 1.89. The van der Waals surface area contributed by atoms with E-state index in [9.17, 15) is 0 Å². The third-order valence-electron chi connectivity index (χ3n) is 2.50. The number of nitrogens with one attached hydrogen (secondary N) is 1. The second kappa shape index (κ2) is 6.23. The minimum absolute atomic E-state index is 0.0916. The topological polar surface area (TPSA) is 47.3 Å². The fourth-order valence-electron chi connectivity index (χ4n) is 1.44. The van der Waals surface area contributed by atoms with Crippen molar-refractivity contribution in [3.05, 3.63) is 34.3 Å². The standard InChI is InChI=1S/C11H17BrN2O/c1-8(15-2)11(14-13)7-9-4-3-5-10(12)6-9/h3-6,8,11,14H,7,13H2,1-2H3. The Balaban J connectivity index is 2.66. The van der Waals surface area contributed by atoms with E-state index in [2.05, 4.69) is 33.5 Å². The van der Waals surface area contributed by atoms with Gasteiger partial charge in [0.2, 0.25) is 0 Å². The third-order valence-corrected chi connectivity index (χ3v) is 2.99. The molecule has 0 spiro atoms. The number of hydrazine groups is 1. The molecule has 0 heterocycles. The molecular formula is C11H17BrN2O. The summed E-state index contributed by atoms with van der Waals surface area (Å²) < 4.78 is 6.34. The number of methoxy groups -OCH3 is 1. The van der Waals surface area contributed by atoms with E-state index in [1.165, 1.54) is 5.56 Å². The Morgan fingerprint density at radius 1 is 1.53 bits per heavy atom. The summed E-state index contributed by atoms with van der Waals surface area (Å²) in [5.74, 6) is 5.49. The van der Waals surface area contributed by atoms with Crippen LogP contribution < -0.4 is 11.3 Å². The van der Waals surface area contributed by atoms with Crippen LogP contribution in [-0.4, -0.2) is 19.3 Å². The smallest absolute Gasteiger partial charge is 0.0712 e. The van der Waals surface area contributed by atoms with Gasteiger partial charge >= 0.3 is 0 Å². The molecule has 0 saturated heterocycles. The van der Waals surface area contributed by atoms with Gasteiger partial charge in [0.05, 0.1) is 12.1 Å². The molecule has 1 rings (SSSR count). The largest absolute Gasteiger partial charge is 0.380 e. The van der Waals surface area contributed by atoms with Crippen molar-refractivity contribution in [3.63, 3.8) is 0 Å². The Kier molecular flexibility index (Phi) is 5.25. The molecule has 0 aromatic heterocycles. The minimum atomic E-state index is 0.0916. The van der Waals surface area contributed by atoms with E-state index in [0.29, 0.717) is 0 Å². The molecule has 3 N–H and O–H groups in total.